The van der Waals surface area contributed by atoms with E-state index in [2.05, 4.69) is 62.7 Å². The first-order chi connectivity index (χ1) is 12.2. The Kier molecular flexibility index (Phi) is 5.17. The lowest BCUT2D eigenvalue weighted by Gasteiger charge is -2.32. The summed E-state index contributed by atoms with van der Waals surface area (Å²) in [4.78, 5) is 11.5. The van der Waals surface area contributed by atoms with Gasteiger partial charge in [-0.3, -0.25) is 4.79 Å². The third-order valence-corrected chi connectivity index (χ3v) is 5.41. The maximum Gasteiger partial charge on any atom is 0.494 e. The predicted molar refractivity (Wildman–Crippen MR) is 104 cm³/mol. The van der Waals surface area contributed by atoms with Crippen LogP contribution in [-0.4, -0.2) is 35.5 Å². The van der Waals surface area contributed by atoms with E-state index in [9.17, 15) is 4.79 Å². The minimum Gasteiger partial charge on any atom is -0.466 e. The second kappa shape index (κ2) is 7.08. The Morgan fingerprint density at radius 1 is 1.15 bits per heavy atom. The molecule has 5 nitrogen and oxygen atoms in total. The van der Waals surface area contributed by atoms with E-state index < -0.39 is 0 Å². The third kappa shape index (κ3) is 3.67. The van der Waals surface area contributed by atoms with E-state index in [1.165, 1.54) is 0 Å². The third-order valence-electron chi connectivity index (χ3n) is 5.41. The van der Waals surface area contributed by atoms with Gasteiger partial charge in [-0.15, -0.1) is 0 Å². The van der Waals surface area contributed by atoms with Crippen LogP contribution in [0.2, 0.25) is 0 Å². The van der Waals surface area contributed by atoms with E-state index in [0.29, 0.717) is 13.0 Å². The van der Waals surface area contributed by atoms with Crippen molar-refractivity contribution in [1.82, 2.24) is 4.57 Å². The lowest BCUT2D eigenvalue weighted by Crippen LogP contribution is -2.41. The number of fused-ring (bicyclic) bond motifs is 1. The van der Waals surface area contributed by atoms with Crippen molar-refractivity contribution in [2.75, 3.05) is 6.61 Å². The van der Waals surface area contributed by atoms with Gasteiger partial charge in [-0.25, -0.2) is 0 Å². The molecule has 0 spiro atoms. The van der Waals surface area contributed by atoms with Crippen molar-refractivity contribution in [2.24, 2.45) is 0 Å². The fraction of sp³-hybridized carbons (Fsp3) is 0.550. The van der Waals surface area contributed by atoms with E-state index >= 15 is 0 Å². The van der Waals surface area contributed by atoms with E-state index in [1.807, 2.05) is 6.92 Å². The summed E-state index contributed by atoms with van der Waals surface area (Å²) in [5.41, 5.74) is 1.49. The fourth-order valence-electron chi connectivity index (χ4n) is 3.17. The molecule has 0 saturated carbocycles. The summed E-state index contributed by atoms with van der Waals surface area (Å²) >= 11 is 0. The Morgan fingerprint density at radius 3 is 2.50 bits per heavy atom. The van der Waals surface area contributed by atoms with E-state index in [0.717, 1.165) is 29.3 Å². The summed E-state index contributed by atoms with van der Waals surface area (Å²) in [7, 11) is -0.350. The molecule has 1 aliphatic heterocycles. The van der Waals surface area contributed by atoms with Gasteiger partial charge in [0, 0.05) is 24.7 Å². The molecule has 2 aromatic rings. The predicted octanol–water partition coefficient (Wildman–Crippen LogP) is 3.28. The van der Waals surface area contributed by atoms with Crippen LogP contribution in [0.5, 0.6) is 0 Å². The zero-order valence-electron chi connectivity index (χ0n) is 16.4. The average molecular weight is 357 g/mol. The molecule has 140 valence electrons. The normalized spacial score (nSPS) is 18.4. The largest absolute Gasteiger partial charge is 0.494 e. The molecule has 6 heteroatoms. The summed E-state index contributed by atoms with van der Waals surface area (Å²) in [6, 6.07) is 8.38. The molecule has 1 saturated heterocycles. The summed E-state index contributed by atoms with van der Waals surface area (Å²) in [6.45, 7) is 11.3. The number of carbonyl (C=O) groups is 1. The summed E-state index contributed by atoms with van der Waals surface area (Å²) in [5.74, 6) is -0.132. The lowest BCUT2D eigenvalue weighted by molar-refractivity contribution is -0.143. The standard InChI is InChI=1S/C20H28BNO4/c1-6-24-18(23)8-7-12-22-13-11-15-14-16(9-10-17(15)22)21-25-19(2,3)20(4,5)26-21/h9-11,13-14H,6-8,12H2,1-5H3. The maximum atomic E-state index is 11.5. The van der Waals surface area contributed by atoms with Gasteiger partial charge in [0.15, 0.2) is 0 Å². The van der Waals surface area contributed by atoms with Crippen LogP contribution in [-0.2, 0) is 25.4 Å². The quantitative estimate of drug-likeness (QED) is 0.588. The van der Waals surface area contributed by atoms with Gasteiger partial charge in [0.2, 0.25) is 0 Å². The molecule has 0 bridgehead atoms. The number of esters is 1. The first-order valence-electron chi connectivity index (χ1n) is 9.33. The lowest BCUT2D eigenvalue weighted by atomic mass is 9.78. The fourth-order valence-corrected chi connectivity index (χ4v) is 3.17. The molecule has 1 fully saturated rings. The first kappa shape index (κ1) is 19.0. The van der Waals surface area contributed by atoms with Gasteiger partial charge in [-0.05, 0) is 64.0 Å². The molecule has 3 rings (SSSR count). The highest BCUT2D eigenvalue weighted by molar-refractivity contribution is 6.62. The molecule has 0 unspecified atom stereocenters. The number of carbonyl (C=O) groups excluding carboxylic acids is 1. The topological polar surface area (TPSA) is 49.7 Å². The smallest absolute Gasteiger partial charge is 0.466 e. The number of aromatic nitrogens is 1. The van der Waals surface area contributed by atoms with Crippen molar-refractivity contribution in [1.29, 1.82) is 0 Å². The molecule has 2 heterocycles. The number of rotatable bonds is 6. The number of nitrogens with zero attached hydrogens (tertiary/aromatic N) is 1. The van der Waals surface area contributed by atoms with Crippen molar-refractivity contribution < 1.29 is 18.8 Å². The number of ether oxygens (including phenoxy) is 1. The highest BCUT2D eigenvalue weighted by Crippen LogP contribution is 2.36. The first-order valence-corrected chi connectivity index (χ1v) is 9.33. The number of aryl methyl sites for hydroxylation is 1. The number of hydrogen-bond donors (Lipinski definition) is 0. The van der Waals surface area contributed by atoms with Crippen LogP contribution >= 0.6 is 0 Å². The maximum absolute atomic E-state index is 11.5. The molecule has 0 radical (unpaired) electrons. The highest BCUT2D eigenvalue weighted by Gasteiger charge is 2.51. The second-order valence-corrected chi connectivity index (χ2v) is 7.82. The molecule has 0 atom stereocenters. The van der Waals surface area contributed by atoms with E-state index in [1.54, 1.807) is 0 Å². The zero-order valence-corrected chi connectivity index (χ0v) is 16.4. The van der Waals surface area contributed by atoms with Crippen LogP contribution < -0.4 is 5.46 Å². The van der Waals surface area contributed by atoms with Crippen LogP contribution in [0.25, 0.3) is 10.9 Å². The van der Waals surface area contributed by atoms with Crippen molar-refractivity contribution in [3.63, 3.8) is 0 Å². The molecule has 1 aliphatic rings. The van der Waals surface area contributed by atoms with Gasteiger partial charge >= 0.3 is 13.1 Å². The Balaban J connectivity index is 1.71. The zero-order chi connectivity index (χ0) is 18.9. The SMILES string of the molecule is CCOC(=O)CCCn1ccc2cc(B3OC(C)(C)C(C)(C)O3)ccc21. The summed E-state index contributed by atoms with van der Waals surface area (Å²) in [6.07, 6.45) is 3.27. The van der Waals surface area contributed by atoms with Crippen LogP contribution in [0, 0.1) is 0 Å². The van der Waals surface area contributed by atoms with Gasteiger partial charge in [-0.2, -0.15) is 0 Å². The van der Waals surface area contributed by atoms with Crippen LogP contribution in [0.15, 0.2) is 30.5 Å². The van der Waals surface area contributed by atoms with Crippen molar-refractivity contribution in [3.05, 3.63) is 30.5 Å². The molecular formula is C20H28BNO4. The van der Waals surface area contributed by atoms with Crippen LogP contribution in [0.4, 0.5) is 0 Å². The Hall–Kier alpha value is -1.79. The molecule has 0 amide bonds. The second-order valence-electron chi connectivity index (χ2n) is 7.82. The minimum absolute atomic E-state index is 0.132. The van der Waals surface area contributed by atoms with Gasteiger partial charge < -0.3 is 18.6 Å². The Morgan fingerprint density at radius 2 is 1.85 bits per heavy atom. The van der Waals surface area contributed by atoms with Crippen molar-refractivity contribution >= 4 is 29.5 Å². The van der Waals surface area contributed by atoms with Gasteiger partial charge in [-0.1, -0.05) is 12.1 Å². The molecule has 0 aliphatic carbocycles. The van der Waals surface area contributed by atoms with E-state index in [-0.39, 0.29) is 24.3 Å². The van der Waals surface area contributed by atoms with Crippen molar-refractivity contribution in [3.8, 4) is 0 Å². The highest BCUT2D eigenvalue weighted by atomic mass is 16.7. The van der Waals surface area contributed by atoms with Crippen molar-refractivity contribution in [2.45, 2.75) is 65.2 Å². The number of benzene rings is 1. The van der Waals surface area contributed by atoms with Gasteiger partial charge in [0.25, 0.3) is 0 Å². The molecule has 0 N–H and O–H groups in total. The minimum atomic E-state index is -0.350. The Bertz CT molecular complexity index is 780. The average Bonchev–Trinajstić information content (AvgIpc) is 3.05. The van der Waals surface area contributed by atoms with Gasteiger partial charge in [0.05, 0.1) is 17.8 Å². The van der Waals surface area contributed by atoms with Gasteiger partial charge in [0.1, 0.15) is 0 Å². The summed E-state index contributed by atoms with van der Waals surface area (Å²) in [5, 5.41) is 1.15. The molecule has 1 aromatic heterocycles. The van der Waals surface area contributed by atoms with E-state index in [4.69, 9.17) is 14.0 Å². The van der Waals surface area contributed by atoms with Crippen LogP contribution in [0.3, 0.4) is 0 Å². The molecule has 26 heavy (non-hydrogen) atoms. The monoisotopic (exact) mass is 357 g/mol. The van der Waals surface area contributed by atoms with Crippen LogP contribution in [0.1, 0.15) is 47.5 Å². The summed E-state index contributed by atoms with van der Waals surface area (Å²) < 4.78 is 19.4. The number of hydrogen-bond acceptors (Lipinski definition) is 4. The molecule has 1 aromatic carbocycles. The molecular weight excluding hydrogens is 329 g/mol. The Labute approximate surface area is 155 Å².